The fourth-order valence-electron chi connectivity index (χ4n) is 2.44. The van der Waals surface area contributed by atoms with E-state index in [1.165, 1.54) is 0 Å². The van der Waals surface area contributed by atoms with Gasteiger partial charge in [0.25, 0.3) is 0 Å². The summed E-state index contributed by atoms with van der Waals surface area (Å²) >= 11 is 6.43. The van der Waals surface area contributed by atoms with Crippen molar-refractivity contribution in [2.75, 3.05) is 20.8 Å². The van der Waals surface area contributed by atoms with Gasteiger partial charge in [0.05, 0.1) is 25.8 Å². The molecule has 0 aromatic heterocycles. The maximum absolute atomic E-state index is 12.2. The smallest absolute Gasteiger partial charge is 0.410 e. The molecule has 0 spiro atoms. The van der Waals surface area contributed by atoms with Gasteiger partial charge in [-0.25, -0.2) is 4.79 Å². The van der Waals surface area contributed by atoms with Gasteiger partial charge in [-0.3, -0.25) is 0 Å². The Morgan fingerprint density at radius 3 is 2.50 bits per heavy atom. The fraction of sp³-hybridized carbons (Fsp3) is 0.562. The minimum absolute atomic E-state index is 0.330. The van der Waals surface area contributed by atoms with Crippen LogP contribution in [0.4, 0.5) is 4.79 Å². The second-order valence-corrected chi connectivity index (χ2v) is 6.59. The highest BCUT2D eigenvalue weighted by molar-refractivity contribution is 6.33. The molecule has 5 nitrogen and oxygen atoms in total. The lowest BCUT2D eigenvalue weighted by Crippen LogP contribution is -2.40. The van der Waals surface area contributed by atoms with Crippen LogP contribution in [0.2, 0.25) is 5.02 Å². The molecule has 0 unspecified atom stereocenters. The summed E-state index contributed by atoms with van der Waals surface area (Å²) < 4.78 is 16.0. The number of hydrogen-bond acceptors (Lipinski definition) is 4. The molecule has 0 bridgehead atoms. The van der Waals surface area contributed by atoms with Gasteiger partial charge in [-0.05, 0) is 44.4 Å². The fourth-order valence-corrected chi connectivity index (χ4v) is 2.79. The van der Waals surface area contributed by atoms with E-state index in [0.717, 1.165) is 11.1 Å². The Labute approximate surface area is 136 Å². The minimum Gasteiger partial charge on any atom is -0.493 e. The van der Waals surface area contributed by atoms with Crippen molar-refractivity contribution in [2.45, 2.75) is 39.3 Å². The first-order chi connectivity index (χ1) is 10.3. The first-order valence-electron chi connectivity index (χ1n) is 7.17. The largest absolute Gasteiger partial charge is 0.493 e. The van der Waals surface area contributed by atoms with Crippen molar-refractivity contribution in [2.24, 2.45) is 0 Å². The lowest BCUT2D eigenvalue weighted by molar-refractivity contribution is 0.0224. The van der Waals surface area contributed by atoms with Crippen LogP contribution in [0.1, 0.15) is 31.9 Å². The third-order valence-corrected chi connectivity index (χ3v) is 3.86. The number of ether oxygens (including phenoxy) is 3. The second-order valence-electron chi connectivity index (χ2n) is 6.22. The SMILES string of the molecule is COc1cc2c(c(Cl)c1OC)CN(C(=O)OC(C)(C)C)CC2. The van der Waals surface area contributed by atoms with Gasteiger partial charge < -0.3 is 19.1 Å². The molecule has 1 aliphatic heterocycles. The summed E-state index contributed by atoms with van der Waals surface area (Å²) in [6, 6.07) is 1.92. The molecule has 1 heterocycles. The van der Waals surface area contributed by atoms with Crippen molar-refractivity contribution in [1.29, 1.82) is 0 Å². The molecule has 1 amide bonds. The van der Waals surface area contributed by atoms with E-state index in [4.69, 9.17) is 25.8 Å². The van der Waals surface area contributed by atoms with E-state index in [-0.39, 0.29) is 6.09 Å². The Bertz CT molecular complexity index is 580. The number of benzene rings is 1. The van der Waals surface area contributed by atoms with Gasteiger partial charge in [0.15, 0.2) is 11.5 Å². The normalized spacial score (nSPS) is 14.4. The van der Waals surface area contributed by atoms with Crippen LogP contribution in [0.25, 0.3) is 0 Å². The molecular formula is C16H22ClNO4. The number of methoxy groups -OCH3 is 2. The number of carbonyl (C=O) groups is 1. The van der Waals surface area contributed by atoms with Crippen LogP contribution < -0.4 is 9.47 Å². The van der Waals surface area contributed by atoms with Crippen LogP contribution in [-0.2, 0) is 17.7 Å². The highest BCUT2D eigenvalue weighted by Gasteiger charge is 2.29. The van der Waals surface area contributed by atoms with E-state index in [1.807, 2.05) is 26.8 Å². The molecule has 2 rings (SSSR count). The third-order valence-electron chi connectivity index (χ3n) is 3.46. The minimum atomic E-state index is -0.515. The lowest BCUT2D eigenvalue weighted by Gasteiger charge is -2.32. The Hall–Kier alpha value is -1.62. The molecule has 0 aliphatic carbocycles. The molecule has 6 heteroatoms. The Kier molecular flexibility index (Phi) is 4.75. The average Bonchev–Trinajstić information content (AvgIpc) is 2.44. The quantitative estimate of drug-likeness (QED) is 0.832. The highest BCUT2D eigenvalue weighted by atomic mass is 35.5. The molecule has 1 aromatic rings. The van der Waals surface area contributed by atoms with Crippen LogP contribution in [0.15, 0.2) is 6.07 Å². The van der Waals surface area contributed by atoms with Gasteiger partial charge in [0.2, 0.25) is 0 Å². The van der Waals surface area contributed by atoms with E-state index in [9.17, 15) is 4.79 Å². The Balaban J connectivity index is 2.28. The van der Waals surface area contributed by atoms with E-state index in [1.54, 1.807) is 19.1 Å². The number of hydrogen-bond donors (Lipinski definition) is 0. The maximum atomic E-state index is 12.2. The van der Waals surface area contributed by atoms with Crippen molar-refractivity contribution < 1.29 is 19.0 Å². The van der Waals surface area contributed by atoms with E-state index in [0.29, 0.717) is 36.0 Å². The van der Waals surface area contributed by atoms with Crippen molar-refractivity contribution in [1.82, 2.24) is 4.90 Å². The molecular weight excluding hydrogens is 306 g/mol. The summed E-state index contributed by atoms with van der Waals surface area (Å²) in [4.78, 5) is 13.9. The number of rotatable bonds is 2. The van der Waals surface area contributed by atoms with Gasteiger partial charge in [0, 0.05) is 6.54 Å². The van der Waals surface area contributed by atoms with Crippen molar-refractivity contribution in [3.05, 3.63) is 22.2 Å². The van der Waals surface area contributed by atoms with Gasteiger partial charge in [-0.2, -0.15) is 0 Å². The zero-order chi connectivity index (χ0) is 16.5. The summed E-state index contributed by atoms with van der Waals surface area (Å²) in [6.45, 7) is 6.55. The molecule has 0 fully saturated rings. The Morgan fingerprint density at radius 2 is 1.95 bits per heavy atom. The monoisotopic (exact) mass is 327 g/mol. The molecule has 1 aliphatic rings. The molecule has 22 heavy (non-hydrogen) atoms. The van der Waals surface area contributed by atoms with E-state index >= 15 is 0 Å². The van der Waals surface area contributed by atoms with Gasteiger partial charge in [-0.15, -0.1) is 0 Å². The summed E-state index contributed by atoms with van der Waals surface area (Å²) in [5.74, 6) is 1.10. The molecule has 122 valence electrons. The molecule has 1 aromatic carbocycles. The van der Waals surface area contributed by atoms with Gasteiger partial charge >= 0.3 is 6.09 Å². The van der Waals surface area contributed by atoms with Crippen LogP contribution >= 0.6 is 11.6 Å². The van der Waals surface area contributed by atoms with Crippen molar-refractivity contribution in [3.63, 3.8) is 0 Å². The number of carbonyl (C=O) groups excluding carboxylic acids is 1. The van der Waals surface area contributed by atoms with Crippen LogP contribution in [0.5, 0.6) is 11.5 Å². The molecule has 0 atom stereocenters. The molecule has 0 N–H and O–H groups in total. The number of fused-ring (bicyclic) bond motifs is 1. The number of amides is 1. The van der Waals surface area contributed by atoms with Crippen molar-refractivity contribution in [3.8, 4) is 11.5 Å². The van der Waals surface area contributed by atoms with Crippen molar-refractivity contribution >= 4 is 17.7 Å². The van der Waals surface area contributed by atoms with Gasteiger partial charge in [-0.1, -0.05) is 11.6 Å². The zero-order valence-electron chi connectivity index (χ0n) is 13.7. The van der Waals surface area contributed by atoms with Gasteiger partial charge in [0.1, 0.15) is 5.60 Å². The second kappa shape index (κ2) is 6.24. The standard InChI is InChI=1S/C16H22ClNO4/c1-16(2,3)22-15(19)18-7-6-10-8-12(20-4)14(21-5)13(17)11(10)9-18/h8H,6-7,9H2,1-5H3. The predicted molar refractivity (Wildman–Crippen MR) is 84.9 cm³/mol. The maximum Gasteiger partial charge on any atom is 0.410 e. The predicted octanol–water partition coefficient (Wildman–Crippen LogP) is 3.65. The third kappa shape index (κ3) is 3.40. The van der Waals surface area contributed by atoms with Crippen LogP contribution in [0.3, 0.4) is 0 Å². The molecule has 0 radical (unpaired) electrons. The van der Waals surface area contributed by atoms with E-state index < -0.39 is 5.60 Å². The number of nitrogens with zero attached hydrogens (tertiary/aromatic N) is 1. The zero-order valence-corrected chi connectivity index (χ0v) is 14.4. The van der Waals surface area contributed by atoms with Crippen LogP contribution in [-0.4, -0.2) is 37.4 Å². The highest BCUT2D eigenvalue weighted by Crippen LogP contribution is 2.41. The summed E-state index contributed by atoms with van der Waals surface area (Å²) in [5.41, 5.74) is 1.44. The topological polar surface area (TPSA) is 48.0 Å². The van der Waals surface area contributed by atoms with Crippen LogP contribution in [0, 0.1) is 0 Å². The average molecular weight is 328 g/mol. The Morgan fingerprint density at radius 1 is 1.27 bits per heavy atom. The summed E-state index contributed by atoms with van der Waals surface area (Å²) in [6.07, 6.45) is 0.373. The van der Waals surface area contributed by atoms with E-state index in [2.05, 4.69) is 0 Å². The first kappa shape index (κ1) is 16.7. The molecule has 0 saturated carbocycles. The molecule has 0 saturated heterocycles. The number of halogens is 1. The summed E-state index contributed by atoms with van der Waals surface area (Å²) in [7, 11) is 3.13. The summed E-state index contributed by atoms with van der Waals surface area (Å²) in [5, 5.41) is 0.491. The lowest BCUT2D eigenvalue weighted by atomic mass is 9.99. The first-order valence-corrected chi connectivity index (χ1v) is 7.54.